The highest BCUT2D eigenvalue weighted by atomic mass is 19.4. The van der Waals surface area contributed by atoms with Gasteiger partial charge in [0.1, 0.15) is 0 Å². The van der Waals surface area contributed by atoms with Crippen LogP contribution in [-0.2, 0) is 6.18 Å². The first-order valence-electron chi connectivity index (χ1n) is 4.95. The fraction of sp³-hybridized carbons (Fsp3) is 0.455. The Kier molecular flexibility index (Phi) is 5.82. The van der Waals surface area contributed by atoms with Crippen molar-refractivity contribution in [3.63, 3.8) is 0 Å². The van der Waals surface area contributed by atoms with Gasteiger partial charge in [0.15, 0.2) is 0 Å². The van der Waals surface area contributed by atoms with Crippen molar-refractivity contribution in [1.29, 1.82) is 0 Å². The maximum atomic E-state index is 12.1. The summed E-state index contributed by atoms with van der Waals surface area (Å²) in [7, 11) is 0. The molecule has 1 N–H and O–H groups in total. The Bertz CT molecular complexity index is 264. The van der Waals surface area contributed by atoms with Crippen LogP contribution in [0.5, 0.6) is 0 Å². The van der Waals surface area contributed by atoms with Crippen molar-refractivity contribution in [3.05, 3.63) is 29.8 Å². The van der Waals surface area contributed by atoms with Crippen LogP contribution in [0, 0.1) is 0 Å². The highest BCUT2D eigenvalue weighted by molar-refractivity contribution is 5.44. The second kappa shape index (κ2) is 6.32. The van der Waals surface area contributed by atoms with E-state index in [1.807, 2.05) is 20.8 Å². The van der Waals surface area contributed by atoms with Crippen LogP contribution in [0.1, 0.15) is 26.3 Å². The third-order valence-corrected chi connectivity index (χ3v) is 1.59. The van der Waals surface area contributed by atoms with Crippen LogP contribution in [0.25, 0.3) is 0 Å². The molecule has 0 aliphatic carbocycles. The van der Waals surface area contributed by atoms with Gasteiger partial charge in [0.05, 0.1) is 5.56 Å². The molecule has 0 radical (unpaired) electrons. The predicted octanol–water partition coefficient (Wildman–Crippen LogP) is 4.16. The van der Waals surface area contributed by atoms with Crippen molar-refractivity contribution < 1.29 is 13.2 Å². The Hall–Kier alpha value is -1.19. The molecule has 0 spiro atoms. The Labute approximate surface area is 88.3 Å². The zero-order valence-electron chi connectivity index (χ0n) is 9.15. The molecule has 0 aliphatic rings. The first kappa shape index (κ1) is 13.8. The van der Waals surface area contributed by atoms with E-state index in [4.69, 9.17) is 0 Å². The molecule has 1 aromatic rings. The number of anilines is 1. The van der Waals surface area contributed by atoms with Crippen molar-refractivity contribution in [1.82, 2.24) is 0 Å². The minimum Gasteiger partial charge on any atom is -0.385 e. The Morgan fingerprint density at radius 2 is 1.53 bits per heavy atom. The lowest BCUT2D eigenvalue weighted by molar-refractivity contribution is -0.137. The molecule has 0 saturated carbocycles. The summed E-state index contributed by atoms with van der Waals surface area (Å²) in [5, 5.41) is 2.92. The topological polar surface area (TPSA) is 12.0 Å². The van der Waals surface area contributed by atoms with Crippen LogP contribution in [-0.4, -0.2) is 6.54 Å². The van der Waals surface area contributed by atoms with Crippen LogP contribution in [0.2, 0.25) is 0 Å². The number of hydrogen-bond acceptors (Lipinski definition) is 1. The van der Waals surface area contributed by atoms with Crippen LogP contribution >= 0.6 is 0 Å². The van der Waals surface area contributed by atoms with Crippen molar-refractivity contribution in [2.45, 2.75) is 26.9 Å². The van der Waals surface area contributed by atoms with Crippen LogP contribution in [0.3, 0.4) is 0 Å². The van der Waals surface area contributed by atoms with Gasteiger partial charge in [0, 0.05) is 12.2 Å². The van der Waals surface area contributed by atoms with Gasteiger partial charge in [0.25, 0.3) is 0 Å². The van der Waals surface area contributed by atoms with Crippen LogP contribution in [0.4, 0.5) is 18.9 Å². The molecule has 0 unspecified atom stereocenters. The first-order chi connectivity index (χ1) is 7.04. The van der Waals surface area contributed by atoms with E-state index in [9.17, 15) is 13.2 Å². The highest BCUT2D eigenvalue weighted by Gasteiger charge is 2.29. The van der Waals surface area contributed by atoms with Crippen LogP contribution in [0.15, 0.2) is 24.3 Å². The van der Waals surface area contributed by atoms with Crippen molar-refractivity contribution in [2.24, 2.45) is 0 Å². The molecule has 86 valence electrons. The number of halogens is 3. The van der Waals surface area contributed by atoms with Crippen molar-refractivity contribution in [2.75, 3.05) is 11.9 Å². The molecule has 0 aliphatic heterocycles. The summed E-state index contributed by atoms with van der Waals surface area (Å²) in [6, 6.07) is 4.98. The number of alkyl halides is 3. The van der Waals surface area contributed by atoms with Gasteiger partial charge >= 0.3 is 6.18 Å². The van der Waals surface area contributed by atoms with Crippen molar-refractivity contribution >= 4 is 5.69 Å². The smallest absolute Gasteiger partial charge is 0.385 e. The lowest BCUT2D eigenvalue weighted by Gasteiger charge is -2.07. The molecule has 4 heteroatoms. The Morgan fingerprint density at radius 1 is 1.07 bits per heavy atom. The minimum absolute atomic E-state index is 0.617. The summed E-state index contributed by atoms with van der Waals surface area (Å²) < 4.78 is 36.3. The van der Waals surface area contributed by atoms with E-state index >= 15 is 0 Å². The molecule has 0 saturated heterocycles. The molecule has 15 heavy (non-hydrogen) atoms. The van der Waals surface area contributed by atoms with E-state index < -0.39 is 11.7 Å². The average molecular weight is 219 g/mol. The second-order valence-corrected chi connectivity index (χ2v) is 2.61. The zero-order valence-corrected chi connectivity index (χ0v) is 9.15. The highest BCUT2D eigenvalue weighted by Crippen LogP contribution is 2.29. The van der Waals surface area contributed by atoms with Crippen LogP contribution < -0.4 is 5.32 Å². The quantitative estimate of drug-likeness (QED) is 0.787. The first-order valence-corrected chi connectivity index (χ1v) is 4.95. The maximum Gasteiger partial charge on any atom is 0.416 e. The molecule has 0 aromatic heterocycles. The normalized spacial score (nSPS) is 10.3. The predicted molar refractivity (Wildman–Crippen MR) is 57.0 cm³/mol. The van der Waals surface area contributed by atoms with Gasteiger partial charge in [-0.3, -0.25) is 0 Å². The molecule has 1 rings (SSSR count). The summed E-state index contributed by atoms with van der Waals surface area (Å²) in [4.78, 5) is 0. The molecule has 0 fully saturated rings. The summed E-state index contributed by atoms with van der Waals surface area (Å²) in [6.45, 7) is 6.59. The lowest BCUT2D eigenvalue weighted by Crippen LogP contribution is -2.05. The van der Waals surface area contributed by atoms with Gasteiger partial charge in [-0.05, 0) is 31.2 Å². The monoisotopic (exact) mass is 219 g/mol. The third kappa shape index (κ3) is 4.72. The fourth-order valence-corrected chi connectivity index (χ4v) is 0.981. The van der Waals surface area contributed by atoms with E-state index in [1.165, 1.54) is 12.1 Å². The largest absolute Gasteiger partial charge is 0.416 e. The average Bonchev–Trinajstić information content (AvgIpc) is 2.21. The molecular weight excluding hydrogens is 203 g/mol. The van der Waals surface area contributed by atoms with E-state index in [1.54, 1.807) is 0 Å². The lowest BCUT2D eigenvalue weighted by atomic mass is 10.2. The van der Waals surface area contributed by atoms with E-state index in [0.717, 1.165) is 12.1 Å². The number of nitrogens with one attached hydrogen (secondary N) is 1. The van der Waals surface area contributed by atoms with E-state index in [-0.39, 0.29) is 0 Å². The molecule has 0 heterocycles. The van der Waals surface area contributed by atoms with Crippen molar-refractivity contribution in [3.8, 4) is 0 Å². The Balaban J connectivity index is 0.000000921. The van der Waals surface area contributed by atoms with Gasteiger partial charge in [-0.2, -0.15) is 13.2 Å². The fourth-order valence-electron chi connectivity index (χ4n) is 0.981. The van der Waals surface area contributed by atoms with Gasteiger partial charge in [-0.15, -0.1) is 0 Å². The molecular formula is C11H16F3N. The number of rotatable bonds is 2. The molecule has 0 atom stereocenters. The van der Waals surface area contributed by atoms with Gasteiger partial charge in [0.2, 0.25) is 0 Å². The second-order valence-electron chi connectivity index (χ2n) is 2.61. The summed E-state index contributed by atoms with van der Waals surface area (Å²) in [6.07, 6.45) is -4.25. The Morgan fingerprint density at radius 3 is 1.87 bits per heavy atom. The number of benzene rings is 1. The maximum absolute atomic E-state index is 12.1. The zero-order chi connectivity index (χ0) is 11.9. The minimum atomic E-state index is -4.25. The molecule has 1 aromatic carbocycles. The van der Waals surface area contributed by atoms with Gasteiger partial charge in [-0.1, -0.05) is 13.8 Å². The summed E-state index contributed by atoms with van der Waals surface area (Å²) >= 11 is 0. The third-order valence-electron chi connectivity index (χ3n) is 1.59. The molecule has 1 nitrogen and oxygen atoms in total. The molecule has 0 amide bonds. The summed E-state index contributed by atoms with van der Waals surface area (Å²) in [5.41, 5.74) is 0.0876. The van der Waals surface area contributed by atoms with E-state index in [0.29, 0.717) is 12.2 Å². The van der Waals surface area contributed by atoms with E-state index in [2.05, 4.69) is 5.32 Å². The standard InChI is InChI=1S/C9H10F3N.C2H6/c1-2-13-8-5-3-7(4-6-8)9(10,11)12;1-2/h3-6,13H,2H2,1H3;1-2H3. The van der Waals surface area contributed by atoms with Gasteiger partial charge in [-0.25, -0.2) is 0 Å². The number of hydrogen-bond donors (Lipinski definition) is 1. The SMILES string of the molecule is CC.CCNc1ccc(C(F)(F)F)cc1. The summed E-state index contributed by atoms with van der Waals surface area (Å²) in [5.74, 6) is 0. The molecule has 0 bridgehead atoms. The van der Waals surface area contributed by atoms with Gasteiger partial charge < -0.3 is 5.32 Å².